The Bertz CT molecular complexity index is 605. The molecule has 2 rings (SSSR count). The van der Waals surface area contributed by atoms with Crippen molar-refractivity contribution in [1.29, 1.82) is 0 Å². The van der Waals surface area contributed by atoms with E-state index in [2.05, 4.69) is 0 Å². The number of nitrogens with two attached hydrogens (primary N) is 1. The van der Waals surface area contributed by atoms with Gasteiger partial charge in [-0.2, -0.15) is 0 Å². The van der Waals surface area contributed by atoms with Gasteiger partial charge in [0.25, 0.3) is 5.91 Å². The molecular weight excluding hydrogens is 298 g/mol. The largest absolute Gasteiger partial charge is 0.368 e. The molecule has 1 atom stereocenters. The first-order valence-corrected chi connectivity index (χ1v) is 6.84. The number of nitro benzene ring substituents is 1. The molecule has 7 nitrogen and oxygen atoms in total. The normalized spacial score (nSPS) is 18.3. The molecule has 1 aromatic rings. The third kappa shape index (κ3) is 2.97. The zero-order valence-corrected chi connectivity index (χ0v) is 11.9. The molecule has 21 heavy (non-hydrogen) atoms. The van der Waals surface area contributed by atoms with E-state index >= 15 is 0 Å². The fraction of sp³-hybridized carbons (Fsp3) is 0.385. The SMILES string of the molecule is NC(=O)C1CCCCN1C(=O)c1cccc(Cl)c1[N+](=O)[O-]. The van der Waals surface area contributed by atoms with Crippen LogP contribution in [-0.2, 0) is 4.79 Å². The fourth-order valence-corrected chi connectivity index (χ4v) is 2.74. The van der Waals surface area contributed by atoms with E-state index < -0.39 is 28.5 Å². The van der Waals surface area contributed by atoms with Crippen LogP contribution in [0.3, 0.4) is 0 Å². The zero-order valence-electron chi connectivity index (χ0n) is 11.1. The summed E-state index contributed by atoms with van der Waals surface area (Å²) in [6, 6.07) is 3.41. The first-order valence-electron chi connectivity index (χ1n) is 6.46. The maximum Gasteiger partial charge on any atom is 0.300 e. The van der Waals surface area contributed by atoms with Crippen LogP contribution in [0, 0.1) is 10.1 Å². The Balaban J connectivity index is 2.42. The van der Waals surface area contributed by atoms with Crippen LogP contribution in [0.15, 0.2) is 18.2 Å². The number of halogens is 1. The number of nitro groups is 1. The highest BCUT2D eigenvalue weighted by Crippen LogP contribution is 2.30. The molecule has 1 aliphatic heterocycles. The van der Waals surface area contributed by atoms with E-state index in [1.807, 2.05) is 0 Å². The Morgan fingerprint density at radius 2 is 2.10 bits per heavy atom. The molecule has 0 spiro atoms. The number of nitrogens with zero attached hydrogens (tertiary/aromatic N) is 2. The predicted octanol–water partition coefficient (Wildman–Crippen LogP) is 1.73. The number of likely N-dealkylation sites (tertiary alicyclic amines) is 1. The lowest BCUT2D eigenvalue weighted by molar-refractivity contribution is -0.385. The minimum atomic E-state index is -0.732. The summed E-state index contributed by atoms with van der Waals surface area (Å²) in [5.74, 6) is -1.19. The number of para-hydroxylation sites is 1. The average Bonchev–Trinajstić information content (AvgIpc) is 2.45. The van der Waals surface area contributed by atoms with Crippen LogP contribution in [0.5, 0.6) is 0 Å². The van der Waals surface area contributed by atoms with E-state index in [0.29, 0.717) is 13.0 Å². The number of carbonyl (C=O) groups is 2. The molecule has 1 aliphatic rings. The molecule has 0 bridgehead atoms. The Morgan fingerprint density at radius 1 is 1.38 bits per heavy atom. The number of benzene rings is 1. The molecule has 0 aliphatic carbocycles. The fourth-order valence-electron chi connectivity index (χ4n) is 2.50. The van der Waals surface area contributed by atoms with Crippen molar-refractivity contribution >= 4 is 29.1 Å². The number of hydrogen-bond acceptors (Lipinski definition) is 4. The highest BCUT2D eigenvalue weighted by Gasteiger charge is 2.34. The van der Waals surface area contributed by atoms with Gasteiger partial charge in [-0.3, -0.25) is 19.7 Å². The Kier molecular flexibility index (Phi) is 4.42. The summed E-state index contributed by atoms with van der Waals surface area (Å²) in [5.41, 5.74) is 4.74. The summed E-state index contributed by atoms with van der Waals surface area (Å²) < 4.78 is 0. The smallest absolute Gasteiger partial charge is 0.300 e. The molecule has 1 heterocycles. The van der Waals surface area contributed by atoms with Crippen LogP contribution in [0.25, 0.3) is 0 Å². The van der Waals surface area contributed by atoms with E-state index in [1.165, 1.54) is 23.1 Å². The summed E-state index contributed by atoms with van der Waals surface area (Å²) in [7, 11) is 0. The van der Waals surface area contributed by atoms with Gasteiger partial charge in [-0.25, -0.2) is 0 Å². The molecule has 0 radical (unpaired) electrons. The van der Waals surface area contributed by atoms with Crippen molar-refractivity contribution in [3.05, 3.63) is 38.9 Å². The Labute approximate surface area is 125 Å². The first kappa shape index (κ1) is 15.2. The van der Waals surface area contributed by atoms with Gasteiger partial charge in [0.2, 0.25) is 5.91 Å². The van der Waals surface area contributed by atoms with Crippen LogP contribution in [0.4, 0.5) is 5.69 Å². The van der Waals surface area contributed by atoms with Gasteiger partial charge in [-0.05, 0) is 31.4 Å². The molecule has 1 fully saturated rings. The van der Waals surface area contributed by atoms with Crippen LogP contribution in [0.1, 0.15) is 29.6 Å². The van der Waals surface area contributed by atoms with Gasteiger partial charge in [0.15, 0.2) is 0 Å². The number of hydrogen-bond donors (Lipinski definition) is 1. The summed E-state index contributed by atoms with van der Waals surface area (Å²) >= 11 is 5.80. The molecule has 2 amide bonds. The van der Waals surface area contributed by atoms with Gasteiger partial charge < -0.3 is 10.6 Å². The summed E-state index contributed by atoms with van der Waals surface area (Å²) in [5, 5.41) is 11.0. The van der Waals surface area contributed by atoms with Gasteiger partial charge in [0, 0.05) is 6.54 Å². The highest BCUT2D eigenvalue weighted by atomic mass is 35.5. The van der Waals surface area contributed by atoms with Crippen molar-refractivity contribution in [1.82, 2.24) is 4.90 Å². The second-order valence-corrected chi connectivity index (χ2v) is 5.21. The van der Waals surface area contributed by atoms with Gasteiger partial charge in [0.05, 0.1) is 4.92 Å². The van der Waals surface area contributed by atoms with Crippen LogP contribution in [0.2, 0.25) is 5.02 Å². The van der Waals surface area contributed by atoms with E-state index in [1.54, 1.807) is 0 Å². The Morgan fingerprint density at radius 3 is 2.71 bits per heavy atom. The lowest BCUT2D eigenvalue weighted by Gasteiger charge is -2.33. The third-order valence-corrected chi connectivity index (χ3v) is 3.80. The second-order valence-electron chi connectivity index (χ2n) is 4.81. The molecule has 0 aromatic heterocycles. The molecule has 1 saturated heterocycles. The van der Waals surface area contributed by atoms with E-state index in [9.17, 15) is 19.7 Å². The first-order chi connectivity index (χ1) is 9.93. The van der Waals surface area contributed by atoms with Gasteiger partial charge in [-0.15, -0.1) is 0 Å². The second kappa shape index (κ2) is 6.09. The van der Waals surface area contributed by atoms with Gasteiger partial charge in [-0.1, -0.05) is 17.7 Å². The summed E-state index contributed by atoms with van der Waals surface area (Å²) in [6.45, 7) is 0.343. The molecule has 8 heteroatoms. The van der Waals surface area contributed by atoms with Gasteiger partial charge in [0.1, 0.15) is 16.6 Å². The quantitative estimate of drug-likeness (QED) is 0.677. The molecule has 1 unspecified atom stereocenters. The van der Waals surface area contributed by atoms with Crippen molar-refractivity contribution in [2.24, 2.45) is 5.73 Å². The predicted molar refractivity (Wildman–Crippen MR) is 76.0 cm³/mol. The lowest BCUT2D eigenvalue weighted by atomic mass is 10.00. The number of carbonyl (C=O) groups excluding carboxylic acids is 2. The van der Waals surface area contributed by atoms with Crippen LogP contribution < -0.4 is 5.73 Å². The maximum absolute atomic E-state index is 12.5. The van der Waals surface area contributed by atoms with E-state index in [-0.39, 0.29) is 10.6 Å². The molecule has 1 aromatic carbocycles. The van der Waals surface area contributed by atoms with Crippen LogP contribution >= 0.6 is 11.6 Å². The summed E-state index contributed by atoms with van der Waals surface area (Å²) in [6.07, 6.45) is 1.98. The van der Waals surface area contributed by atoms with Crippen LogP contribution in [-0.4, -0.2) is 34.2 Å². The third-order valence-electron chi connectivity index (χ3n) is 3.49. The number of primary amides is 1. The van der Waals surface area contributed by atoms with Crippen molar-refractivity contribution in [2.45, 2.75) is 25.3 Å². The van der Waals surface area contributed by atoms with Crippen molar-refractivity contribution in [3.63, 3.8) is 0 Å². The lowest BCUT2D eigenvalue weighted by Crippen LogP contribution is -2.50. The molecule has 0 saturated carbocycles. The average molecular weight is 312 g/mol. The van der Waals surface area contributed by atoms with E-state index in [0.717, 1.165) is 12.8 Å². The van der Waals surface area contributed by atoms with Crippen molar-refractivity contribution in [2.75, 3.05) is 6.54 Å². The van der Waals surface area contributed by atoms with Gasteiger partial charge >= 0.3 is 5.69 Å². The monoisotopic (exact) mass is 311 g/mol. The number of rotatable bonds is 3. The topological polar surface area (TPSA) is 107 Å². The number of amides is 2. The minimum absolute atomic E-state index is 0.113. The Hall–Kier alpha value is -2.15. The maximum atomic E-state index is 12.5. The molecular formula is C13H14ClN3O4. The van der Waals surface area contributed by atoms with Crippen molar-refractivity contribution < 1.29 is 14.5 Å². The highest BCUT2D eigenvalue weighted by molar-refractivity contribution is 6.33. The summed E-state index contributed by atoms with van der Waals surface area (Å²) in [4.78, 5) is 35.7. The van der Waals surface area contributed by atoms with E-state index in [4.69, 9.17) is 17.3 Å². The zero-order chi connectivity index (χ0) is 15.6. The number of piperidine rings is 1. The molecule has 112 valence electrons. The van der Waals surface area contributed by atoms with Crippen molar-refractivity contribution in [3.8, 4) is 0 Å². The minimum Gasteiger partial charge on any atom is -0.368 e. The standard InChI is InChI=1S/C13H14ClN3O4/c14-9-5-3-4-8(11(9)17(20)21)13(19)16-7-2-1-6-10(16)12(15)18/h3-5,10H,1-2,6-7H2,(H2,15,18). The molecule has 2 N–H and O–H groups in total.